The van der Waals surface area contributed by atoms with Crippen LogP contribution in [0.3, 0.4) is 0 Å². The fourth-order valence-corrected chi connectivity index (χ4v) is 2.54. The lowest BCUT2D eigenvalue weighted by atomic mass is 10.1. The van der Waals surface area contributed by atoms with Gasteiger partial charge in [-0.15, -0.1) is 5.10 Å². The number of nitrogens with one attached hydrogen (secondary N) is 1. The third kappa shape index (κ3) is 4.51. The average Bonchev–Trinajstić information content (AvgIpc) is 3.06. The van der Waals surface area contributed by atoms with E-state index < -0.39 is 0 Å². The molecule has 0 atom stereocenters. The Bertz CT molecular complexity index is 707. The van der Waals surface area contributed by atoms with Crippen LogP contribution in [0.2, 0.25) is 5.02 Å². The molecule has 126 valence electrons. The molecule has 8 nitrogen and oxygen atoms in total. The maximum atomic E-state index is 11.9. The third-order valence-corrected chi connectivity index (χ3v) is 3.89. The summed E-state index contributed by atoms with van der Waals surface area (Å²) in [7, 11) is 0. The molecule has 0 saturated carbocycles. The Kier molecular flexibility index (Phi) is 5.37. The summed E-state index contributed by atoms with van der Waals surface area (Å²) in [5.41, 5.74) is 3.28. The fourth-order valence-electron chi connectivity index (χ4n) is 2.41. The summed E-state index contributed by atoms with van der Waals surface area (Å²) in [6, 6.07) is 7.13. The number of tetrazole rings is 1. The van der Waals surface area contributed by atoms with Gasteiger partial charge in [-0.1, -0.05) is 28.8 Å². The number of amides is 1. The predicted octanol–water partition coefficient (Wildman–Crippen LogP) is 1.47. The Labute approximate surface area is 144 Å². The molecule has 0 bridgehead atoms. The molecule has 2 aromatic rings. The molecule has 1 amide bonds. The monoisotopic (exact) mass is 347 g/mol. The predicted molar refractivity (Wildman–Crippen MR) is 91.1 cm³/mol. The van der Waals surface area contributed by atoms with Gasteiger partial charge < -0.3 is 4.90 Å². The zero-order valence-electron chi connectivity index (χ0n) is 13.1. The van der Waals surface area contributed by atoms with Crippen molar-refractivity contribution in [3.63, 3.8) is 0 Å². The van der Waals surface area contributed by atoms with E-state index in [0.29, 0.717) is 11.0 Å². The molecule has 1 aromatic heterocycles. The Morgan fingerprint density at radius 2 is 2.00 bits per heavy atom. The lowest BCUT2D eigenvalue weighted by molar-refractivity contribution is -0.122. The molecule has 0 unspecified atom stereocenters. The summed E-state index contributed by atoms with van der Waals surface area (Å²) in [6.45, 7) is 1.84. The Hall–Kier alpha value is -2.48. The Morgan fingerprint density at radius 3 is 2.75 bits per heavy atom. The molecular weight excluding hydrogens is 330 g/mol. The number of hydrogen-bond donors (Lipinski definition) is 1. The lowest BCUT2D eigenvalue weighted by Crippen LogP contribution is -2.30. The summed E-state index contributed by atoms with van der Waals surface area (Å²) in [4.78, 5) is 15.2. The van der Waals surface area contributed by atoms with Crippen LogP contribution in [0.1, 0.15) is 24.8 Å². The van der Waals surface area contributed by atoms with Crippen molar-refractivity contribution in [1.82, 2.24) is 25.6 Å². The minimum atomic E-state index is -0.317. The summed E-state index contributed by atoms with van der Waals surface area (Å²) in [5, 5.41) is 16.7. The number of nitrogens with zero attached hydrogens (tertiary/aromatic N) is 6. The van der Waals surface area contributed by atoms with Crippen LogP contribution in [0.15, 0.2) is 29.4 Å². The van der Waals surface area contributed by atoms with Crippen molar-refractivity contribution in [2.24, 2.45) is 5.10 Å². The van der Waals surface area contributed by atoms with E-state index in [2.05, 4.69) is 30.8 Å². The van der Waals surface area contributed by atoms with E-state index in [4.69, 9.17) is 11.6 Å². The quantitative estimate of drug-likeness (QED) is 0.653. The first-order valence-electron chi connectivity index (χ1n) is 7.81. The van der Waals surface area contributed by atoms with E-state index in [1.165, 1.54) is 11.2 Å². The summed E-state index contributed by atoms with van der Waals surface area (Å²) in [6.07, 6.45) is 5.05. The Balaban J connectivity index is 1.49. The molecule has 1 aliphatic rings. The zero-order chi connectivity index (χ0) is 16.8. The minimum absolute atomic E-state index is 0.0290. The first kappa shape index (κ1) is 16.4. The van der Waals surface area contributed by atoms with E-state index in [9.17, 15) is 4.79 Å². The SMILES string of the molecule is O=C(Cn1nnc(N2CCCCC2)n1)N/N=C\c1ccc(Cl)cc1. The molecule has 1 aliphatic heterocycles. The molecule has 1 saturated heterocycles. The highest BCUT2D eigenvalue weighted by Gasteiger charge is 2.16. The van der Waals surface area contributed by atoms with E-state index >= 15 is 0 Å². The number of hydrazone groups is 1. The Morgan fingerprint density at radius 1 is 1.25 bits per heavy atom. The third-order valence-electron chi connectivity index (χ3n) is 3.64. The van der Waals surface area contributed by atoms with Gasteiger partial charge >= 0.3 is 0 Å². The van der Waals surface area contributed by atoms with Crippen LogP contribution in [0.4, 0.5) is 5.95 Å². The van der Waals surface area contributed by atoms with Gasteiger partial charge in [0.15, 0.2) is 0 Å². The summed E-state index contributed by atoms with van der Waals surface area (Å²) < 4.78 is 0. The molecule has 0 radical (unpaired) electrons. The van der Waals surface area contributed by atoms with Gasteiger partial charge in [0.25, 0.3) is 11.9 Å². The average molecular weight is 348 g/mol. The minimum Gasteiger partial charge on any atom is -0.338 e. The number of anilines is 1. The first-order valence-corrected chi connectivity index (χ1v) is 8.19. The number of hydrogen-bond acceptors (Lipinski definition) is 6. The normalized spacial score (nSPS) is 15.0. The fraction of sp³-hybridized carbons (Fsp3) is 0.400. The van der Waals surface area contributed by atoms with Crippen molar-refractivity contribution < 1.29 is 4.79 Å². The van der Waals surface area contributed by atoms with Gasteiger partial charge in [-0.3, -0.25) is 4.79 Å². The number of aromatic nitrogens is 4. The number of halogens is 1. The maximum Gasteiger partial charge on any atom is 0.266 e. The van der Waals surface area contributed by atoms with Crippen molar-refractivity contribution in [3.8, 4) is 0 Å². The highest BCUT2D eigenvalue weighted by molar-refractivity contribution is 6.30. The van der Waals surface area contributed by atoms with Crippen molar-refractivity contribution in [2.45, 2.75) is 25.8 Å². The summed E-state index contributed by atoms with van der Waals surface area (Å²) in [5.74, 6) is 0.259. The van der Waals surface area contributed by atoms with Crippen molar-refractivity contribution in [3.05, 3.63) is 34.9 Å². The topological polar surface area (TPSA) is 88.3 Å². The maximum absolute atomic E-state index is 11.9. The highest BCUT2D eigenvalue weighted by Crippen LogP contribution is 2.13. The van der Waals surface area contributed by atoms with Gasteiger partial charge in [0.1, 0.15) is 6.54 Å². The molecule has 1 aromatic carbocycles. The lowest BCUT2D eigenvalue weighted by Gasteiger charge is -2.24. The van der Waals surface area contributed by atoms with E-state index in [1.807, 2.05) is 12.1 Å². The van der Waals surface area contributed by atoms with Gasteiger partial charge in [0.2, 0.25) is 0 Å². The van der Waals surface area contributed by atoms with Crippen LogP contribution in [-0.4, -0.2) is 45.4 Å². The van der Waals surface area contributed by atoms with Crippen molar-refractivity contribution >= 4 is 29.7 Å². The van der Waals surface area contributed by atoms with Crippen LogP contribution >= 0.6 is 11.6 Å². The molecule has 1 fully saturated rings. The van der Waals surface area contributed by atoms with Crippen molar-refractivity contribution in [2.75, 3.05) is 18.0 Å². The van der Waals surface area contributed by atoms with E-state index in [-0.39, 0.29) is 12.5 Å². The van der Waals surface area contributed by atoms with Crippen LogP contribution < -0.4 is 10.3 Å². The van der Waals surface area contributed by atoms with Crippen LogP contribution in [0, 0.1) is 0 Å². The van der Waals surface area contributed by atoms with Gasteiger partial charge in [-0.25, -0.2) is 5.43 Å². The molecule has 9 heteroatoms. The van der Waals surface area contributed by atoms with E-state index in [0.717, 1.165) is 31.5 Å². The molecule has 2 heterocycles. The number of benzene rings is 1. The second kappa shape index (κ2) is 7.87. The smallest absolute Gasteiger partial charge is 0.266 e. The second-order valence-electron chi connectivity index (χ2n) is 5.51. The van der Waals surface area contributed by atoms with Crippen molar-refractivity contribution in [1.29, 1.82) is 0 Å². The zero-order valence-corrected chi connectivity index (χ0v) is 13.9. The second-order valence-corrected chi connectivity index (χ2v) is 5.95. The largest absolute Gasteiger partial charge is 0.338 e. The molecular formula is C15H18ClN7O. The summed E-state index contributed by atoms with van der Waals surface area (Å²) >= 11 is 5.80. The number of carbonyl (C=O) groups excluding carboxylic acids is 1. The first-order chi connectivity index (χ1) is 11.7. The molecule has 0 aliphatic carbocycles. The van der Waals surface area contributed by atoms with Crippen LogP contribution in [-0.2, 0) is 11.3 Å². The van der Waals surface area contributed by atoms with Crippen LogP contribution in [0.25, 0.3) is 0 Å². The van der Waals surface area contributed by atoms with E-state index in [1.54, 1.807) is 18.3 Å². The van der Waals surface area contributed by atoms with Gasteiger partial charge in [0.05, 0.1) is 6.21 Å². The molecule has 1 N–H and O–H groups in total. The molecule has 24 heavy (non-hydrogen) atoms. The van der Waals surface area contributed by atoms with Crippen LogP contribution in [0.5, 0.6) is 0 Å². The highest BCUT2D eigenvalue weighted by atomic mass is 35.5. The van der Waals surface area contributed by atoms with Gasteiger partial charge in [-0.05, 0) is 42.2 Å². The molecule has 0 spiro atoms. The molecule has 3 rings (SSSR count). The number of piperidine rings is 1. The standard InChI is InChI=1S/C15H18ClN7O/c16-13-6-4-12(5-7-13)10-17-18-14(24)11-23-20-15(19-21-23)22-8-2-1-3-9-22/h4-7,10H,1-3,8-9,11H2,(H,18,24)/b17-10-. The number of carbonyl (C=O) groups is 1. The van der Waals surface area contributed by atoms with Gasteiger partial charge in [0, 0.05) is 18.1 Å². The number of rotatable bonds is 5. The van der Waals surface area contributed by atoms with Gasteiger partial charge in [-0.2, -0.15) is 9.90 Å².